The van der Waals surface area contributed by atoms with Gasteiger partial charge in [0, 0.05) is 16.8 Å². The van der Waals surface area contributed by atoms with Crippen molar-refractivity contribution in [3.8, 4) is 0 Å². The van der Waals surface area contributed by atoms with Gasteiger partial charge >= 0.3 is 0 Å². The Bertz CT molecular complexity index is 673. The van der Waals surface area contributed by atoms with Crippen LogP contribution in [-0.4, -0.2) is 5.84 Å². The van der Waals surface area contributed by atoms with Gasteiger partial charge in [-0.2, -0.15) is 0 Å². The molecule has 1 aliphatic rings. The lowest BCUT2D eigenvalue weighted by atomic mass is 10.0. The number of rotatable bonds is 1. The number of aliphatic imine (C=N–C) groups is 1. The molecule has 0 spiro atoms. The largest absolute Gasteiger partial charge is 0.399 e. The van der Waals surface area contributed by atoms with Crippen LogP contribution < -0.4 is 16.6 Å². The van der Waals surface area contributed by atoms with Gasteiger partial charge in [-0.05, 0) is 18.2 Å². The number of hydrogen-bond acceptors (Lipinski definition) is 3. The quantitative estimate of drug-likeness (QED) is 0.681. The second-order valence-corrected chi connectivity index (χ2v) is 4.33. The first-order chi connectivity index (χ1) is 9.24. The predicted octanol–water partition coefficient (Wildman–Crippen LogP) is 2.43. The summed E-state index contributed by atoms with van der Waals surface area (Å²) in [6, 6.07) is 15.5. The van der Waals surface area contributed by atoms with Crippen LogP contribution >= 0.6 is 0 Å². The lowest BCUT2D eigenvalue weighted by Crippen LogP contribution is -2.41. The van der Waals surface area contributed by atoms with E-state index in [9.17, 15) is 0 Å². The van der Waals surface area contributed by atoms with Gasteiger partial charge in [0.05, 0.1) is 11.4 Å². The Morgan fingerprint density at radius 2 is 1.74 bits per heavy atom. The molecule has 2 aromatic rings. The van der Waals surface area contributed by atoms with E-state index in [0.29, 0.717) is 5.69 Å². The number of fused-ring (bicyclic) bond motifs is 1. The normalized spacial score (nSPS) is 15.6. The number of anilines is 1. The monoisotopic (exact) mass is 250 g/mol. The smallest absolute Gasteiger partial charge is 0.153 e. The maximum atomic E-state index is 5.76. The highest BCUT2D eigenvalue weighted by Gasteiger charge is 2.16. The Morgan fingerprint density at radius 3 is 2.53 bits per heavy atom. The highest BCUT2D eigenvalue weighted by atomic mass is 15.4. The lowest BCUT2D eigenvalue weighted by molar-refractivity contribution is 0.825. The SMILES string of the molecule is C=C1NNC(=Nc2cccc(N)c2)c2ccccc21. The van der Waals surface area contributed by atoms with Crippen LogP contribution in [0.2, 0.25) is 0 Å². The van der Waals surface area contributed by atoms with Crippen LogP contribution in [-0.2, 0) is 0 Å². The van der Waals surface area contributed by atoms with Crippen molar-refractivity contribution < 1.29 is 0 Å². The van der Waals surface area contributed by atoms with Crippen molar-refractivity contribution in [1.29, 1.82) is 0 Å². The maximum absolute atomic E-state index is 5.76. The van der Waals surface area contributed by atoms with E-state index in [1.807, 2.05) is 48.5 Å². The minimum absolute atomic E-state index is 0.698. The average Bonchev–Trinajstić information content (AvgIpc) is 2.42. The molecule has 94 valence electrons. The van der Waals surface area contributed by atoms with Crippen LogP contribution in [0.4, 0.5) is 11.4 Å². The molecule has 3 rings (SSSR count). The third-order valence-electron chi connectivity index (χ3n) is 2.95. The van der Waals surface area contributed by atoms with Gasteiger partial charge in [-0.1, -0.05) is 36.9 Å². The van der Waals surface area contributed by atoms with E-state index in [4.69, 9.17) is 5.73 Å². The van der Waals surface area contributed by atoms with Crippen LogP contribution in [0.3, 0.4) is 0 Å². The number of amidine groups is 1. The van der Waals surface area contributed by atoms with E-state index in [1.165, 1.54) is 0 Å². The summed E-state index contributed by atoms with van der Waals surface area (Å²) in [5.41, 5.74) is 16.2. The third kappa shape index (κ3) is 2.15. The van der Waals surface area contributed by atoms with Crippen molar-refractivity contribution in [2.45, 2.75) is 0 Å². The Morgan fingerprint density at radius 1 is 0.947 bits per heavy atom. The maximum Gasteiger partial charge on any atom is 0.153 e. The first-order valence-electron chi connectivity index (χ1n) is 5.99. The second-order valence-electron chi connectivity index (χ2n) is 4.33. The Hall–Kier alpha value is -2.75. The number of hydrogen-bond donors (Lipinski definition) is 3. The topological polar surface area (TPSA) is 62.4 Å². The summed E-state index contributed by atoms with van der Waals surface area (Å²) in [5, 5.41) is 0. The fourth-order valence-corrected chi connectivity index (χ4v) is 2.03. The Kier molecular flexibility index (Phi) is 2.68. The molecule has 19 heavy (non-hydrogen) atoms. The van der Waals surface area contributed by atoms with Crippen molar-refractivity contribution in [2.75, 3.05) is 5.73 Å². The van der Waals surface area contributed by atoms with Gasteiger partial charge in [-0.25, -0.2) is 4.99 Å². The van der Waals surface area contributed by atoms with Crippen LogP contribution in [0.5, 0.6) is 0 Å². The first kappa shape index (κ1) is 11.3. The minimum atomic E-state index is 0.698. The number of nitrogen functional groups attached to an aromatic ring is 1. The van der Waals surface area contributed by atoms with Gasteiger partial charge in [-0.15, -0.1) is 0 Å². The van der Waals surface area contributed by atoms with Gasteiger partial charge < -0.3 is 5.73 Å². The van der Waals surface area contributed by atoms with E-state index in [-0.39, 0.29) is 0 Å². The van der Waals surface area contributed by atoms with E-state index < -0.39 is 0 Å². The number of benzene rings is 2. The number of nitrogens with zero attached hydrogens (tertiary/aromatic N) is 1. The summed E-state index contributed by atoms with van der Waals surface area (Å²) in [5.74, 6) is 0.758. The average molecular weight is 250 g/mol. The predicted molar refractivity (Wildman–Crippen MR) is 78.8 cm³/mol. The molecular weight excluding hydrogens is 236 g/mol. The second kappa shape index (κ2) is 4.49. The molecule has 1 aliphatic heterocycles. The molecule has 0 atom stereocenters. The summed E-state index contributed by atoms with van der Waals surface area (Å²) in [6.07, 6.45) is 0. The molecule has 0 fully saturated rings. The summed E-state index contributed by atoms with van der Waals surface area (Å²) in [4.78, 5) is 4.58. The molecule has 1 heterocycles. The summed E-state index contributed by atoms with van der Waals surface area (Å²) >= 11 is 0. The van der Waals surface area contributed by atoms with Gasteiger partial charge in [0.15, 0.2) is 5.84 Å². The fraction of sp³-hybridized carbons (Fsp3) is 0. The Balaban J connectivity index is 2.07. The molecule has 0 radical (unpaired) electrons. The van der Waals surface area contributed by atoms with E-state index in [0.717, 1.165) is 28.3 Å². The van der Waals surface area contributed by atoms with Crippen molar-refractivity contribution in [3.05, 3.63) is 66.2 Å². The molecule has 4 N–H and O–H groups in total. The van der Waals surface area contributed by atoms with Crippen LogP contribution in [0, 0.1) is 0 Å². The van der Waals surface area contributed by atoms with E-state index in [2.05, 4.69) is 22.4 Å². The highest BCUT2D eigenvalue weighted by molar-refractivity contribution is 6.06. The molecule has 0 saturated heterocycles. The summed E-state index contributed by atoms with van der Waals surface area (Å²) in [6.45, 7) is 3.96. The standard InChI is InChI=1S/C15H14N4/c1-10-13-7-2-3-8-14(13)15(19-18-10)17-12-6-4-5-11(16)9-12/h2-9,18H,1,16H2,(H,17,19). The zero-order chi connectivity index (χ0) is 13.2. The van der Waals surface area contributed by atoms with Crippen LogP contribution in [0.1, 0.15) is 11.1 Å². The minimum Gasteiger partial charge on any atom is -0.399 e. The number of nitrogens with one attached hydrogen (secondary N) is 2. The number of nitrogens with two attached hydrogens (primary N) is 1. The van der Waals surface area contributed by atoms with Gasteiger partial charge in [0.25, 0.3) is 0 Å². The molecule has 0 aromatic heterocycles. The molecule has 0 bridgehead atoms. The molecule has 0 amide bonds. The molecule has 4 nitrogen and oxygen atoms in total. The molecule has 2 aromatic carbocycles. The third-order valence-corrected chi connectivity index (χ3v) is 2.95. The van der Waals surface area contributed by atoms with Crippen molar-refractivity contribution in [1.82, 2.24) is 10.9 Å². The van der Waals surface area contributed by atoms with Crippen LogP contribution in [0.15, 0.2) is 60.1 Å². The van der Waals surface area contributed by atoms with Crippen molar-refractivity contribution in [3.63, 3.8) is 0 Å². The number of hydrazine groups is 1. The van der Waals surface area contributed by atoms with Crippen LogP contribution in [0.25, 0.3) is 5.70 Å². The molecule has 0 saturated carbocycles. The highest BCUT2D eigenvalue weighted by Crippen LogP contribution is 2.22. The van der Waals surface area contributed by atoms with Gasteiger partial charge in [0.2, 0.25) is 0 Å². The molecule has 0 unspecified atom stereocenters. The molecule has 0 aliphatic carbocycles. The van der Waals surface area contributed by atoms with Crippen molar-refractivity contribution in [2.24, 2.45) is 4.99 Å². The zero-order valence-corrected chi connectivity index (χ0v) is 10.4. The lowest BCUT2D eigenvalue weighted by Gasteiger charge is -2.23. The first-order valence-corrected chi connectivity index (χ1v) is 5.99. The summed E-state index contributed by atoms with van der Waals surface area (Å²) in [7, 11) is 0. The van der Waals surface area contributed by atoms with E-state index >= 15 is 0 Å². The zero-order valence-electron chi connectivity index (χ0n) is 10.4. The fourth-order valence-electron chi connectivity index (χ4n) is 2.03. The van der Waals surface area contributed by atoms with Gasteiger partial charge in [-0.3, -0.25) is 10.9 Å². The van der Waals surface area contributed by atoms with Gasteiger partial charge in [0.1, 0.15) is 0 Å². The van der Waals surface area contributed by atoms with Crippen molar-refractivity contribution >= 4 is 22.9 Å². The Labute approximate surface area is 111 Å². The summed E-state index contributed by atoms with van der Waals surface area (Å²) < 4.78 is 0. The molecular formula is C15H14N4. The van der Waals surface area contributed by atoms with E-state index in [1.54, 1.807) is 0 Å². The molecule has 4 heteroatoms.